The highest BCUT2D eigenvalue weighted by Gasteiger charge is 2.54. The number of phenolic OH excluding ortho intramolecular Hbond substituents is 5. The van der Waals surface area contributed by atoms with Crippen LogP contribution in [0.25, 0.3) is 18.2 Å². The van der Waals surface area contributed by atoms with Gasteiger partial charge in [0.1, 0.15) is 109 Å². The van der Waals surface area contributed by atoms with Crippen molar-refractivity contribution in [1.82, 2.24) is 0 Å². The van der Waals surface area contributed by atoms with E-state index in [9.17, 15) is 85.6 Å². The summed E-state index contributed by atoms with van der Waals surface area (Å²) in [5.41, 5.74) is 0.483. The molecule has 0 aromatic heterocycles. The number of carboxylic acids is 1. The van der Waals surface area contributed by atoms with Crippen molar-refractivity contribution in [2.24, 2.45) is 0 Å². The van der Waals surface area contributed by atoms with Crippen LogP contribution in [0.1, 0.15) is 34.8 Å². The van der Waals surface area contributed by atoms with Crippen LogP contribution < -0.4 is 18.9 Å². The van der Waals surface area contributed by atoms with Gasteiger partial charge in [0.15, 0.2) is 47.6 Å². The SMILES string of the molecule is COc1cc(C=CC(=O)OC2C(OC3C(OC4=Cc5c(cc(O)cc5OC5OC(COC(=O)CC(=O)O)C(O)C(O)C5O)OC4c4ccc(O)c(O)c4)OC(COC(=O)C=Cc4ccc(O)cc4)C(O)C3O)OC(CO)C(O)C2O)cc(OC)c1O. The van der Waals surface area contributed by atoms with E-state index < -0.39 is 177 Å². The summed E-state index contributed by atoms with van der Waals surface area (Å²) in [5.74, 6) is -8.48. The molecule has 0 saturated carbocycles. The number of carbonyl (C=O) groups is 4. The highest BCUT2D eigenvalue weighted by molar-refractivity contribution is 5.90. The normalized spacial score (nSPS) is 29.0. The fourth-order valence-electron chi connectivity index (χ4n) is 9.16. The molecule has 4 aromatic carbocycles. The molecular formula is C56H60O30. The molecule has 4 heterocycles. The maximum Gasteiger partial charge on any atom is 0.331 e. The molecule has 0 aliphatic carbocycles. The Labute approximate surface area is 485 Å². The van der Waals surface area contributed by atoms with Crippen molar-refractivity contribution >= 4 is 42.1 Å². The van der Waals surface area contributed by atoms with Gasteiger partial charge in [-0.3, -0.25) is 9.59 Å². The van der Waals surface area contributed by atoms with E-state index in [1.54, 1.807) is 0 Å². The lowest BCUT2D eigenvalue weighted by Gasteiger charge is -2.47. The van der Waals surface area contributed by atoms with E-state index in [-0.39, 0.29) is 45.4 Å². The van der Waals surface area contributed by atoms with Gasteiger partial charge in [-0.1, -0.05) is 18.2 Å². The average molecular weight is 1210 g/mol. The van der Waals surface area contributed by atoms with E-state index >= 15 is 0 Å². The number of methoxy groups -OCH3 is 2. The summed E-state index contributed by atoms with van der Waals surface area (Å²) in [6.45, 7) is -2.67. The summed E-state index contributed by atoms with van der Waals surface area (Å²) < 4.78 is 68.9. The third-order valence-electron chi connectivity index (χ3n) is 13.7. The molecule has 4 aliphatic heterocycles. The highest BCUT2D eigenvalue weighted by atomic mass is 16.8. The Morgan fingerprint density at radius 1 is 0.570 bits per heavy atom. The minimum Gasteiger partial charge on any atom is -0.508 e. The van der Waals surface area contributed by atoms with E-state index in [0.29, 0.717) is 5.56 Å². The van der Waals surface area contributed by atoms with E-state index in [1.165, 1.54) is 68.8 Å². The maximum atomic E-state index is 13.6. The minimum atomic E-state index is -2.23. The van der Waals surface area contributed by atoms with Crippen LogP contribution in [0, 0.1) is 0 Å². The monoisotopic (exact) mass is 1210 g/mol. The molecule has 0 spiro atoms. The van der Waals surface area contributed by atoms with Crippen LogP contribution in [-0.2, 0) is 57.1 Å². The first-order valence-corrected chi connectivity index (χ1v) is 25.9. The second-order valence-electron chi connectivity index (χ2n) is 19.5. The molecule has 30 nitrogen and oxygen atoms in total. The molecule has 3 saturated heterocycles. The van der Waals surface area contributed by atoms with Gasteiger partial charge >= 0.3 is 23.9 Å². The predicted octanol–water partition coefficient (Wildman–Crippen LogP) is -0.920. The predicted molar refractivity (Wildman–Crippen MR) is 282 cm³/mol. The number of aromatic hydroxyl groups is 5. The Morgan fingerprint density at radius 3 is 1.83 bits per heavy atom. The van der Waals surface area contributed by atoms with Crippen molar-refractivity contribution in [3.8, 4) is 51.7 Å². The second kappa shape index (κ2) is 27.7. The Morgan fingerprint density at radius 2 is 1.17 bits per heavy atom. The largest absolute Gasteiger partial charge is 0.508 e. The van der Waals surface area contributed by atoms with Gasteiger partial charge in [0.25, 0.3) is 0 Å². The fraction of sp³-hybridized carbons (Fsp3) is 0.393. The van der Waals surface area contributed by atoms with Crippen molar-refractivity contribution < 1.29 is 148 Å². The molecule has 16 unspecified atom stereocenters. The number of benzene rings is 4. The quantitative estimate of drug-likeness (QED) is 0.0158. The number of aliphatic hydroxyl groups excluding tert-OH is 8. The lowest BCUT2D eigenvalue weighted by atomic mass is 9.96. The number of esters is 3. The first kappa shape index (κ1) is 63.5. The van der Waals surface area contributed by atoms with Gasteiger partial charge in [-0.15, -0.1) is 0 Å². The summed E-state index contributed by atoms with van der Waals surface area (Å²) in [7, 11) is 2.53. The molecular weight excluding hydrogens is 1150 g/mol. The average Bonchev–Trinajstić information content (AvgIpc) is 1.24. The number of hydrogen-bond acceptors (Lipinski definition) is 29. The summed E-state index contributed by atoms with van der Waals surface area (Å²) in [6.07, 6.45) is -27.1. The number of ether oxygens (including phenoxy) is 12. The molecule has 14 N–H and O–H groups in total. The van der Waals surface area contributed by atoms with Crippen LogP contribution in [0.4, 0.5) is 0 Å². The van der Waals surface area contributed by atoms with Gasteiger partial charge in [-0.2, -0.15) is 0 Å². The van der Waals surface area contributed by atoms with Gasteiger partial charge < -0.3 is 128 Å². The first-order valence-electron chi connectivity index (χ1n) is 25.9. The van der Waals surface area contributed by atoms with Gasteiger partial charge in [-0.05, 0) is 65.8 Å². The number of hydrogen-bond donors (Lipinski definition) is 14. The van der Waals surface area contributed by atoms with Crippen molar-refractivity contribution in [2.45, 2.75) is 105 Å². The zero-order valence-electron chi connectivity index (χ0n) is 45.1. The number of rotatable bonds is 21. The molecule has 4 aromatic rings. The molecule has 0 radical (unpaired) electrons. The van der Waals surface area contributed by atoms with Gasteiger partial charge in [0.2, 0.25) is 18.3 Å². The third kappa shape index (κ3) is 14.8. The highest BCUT2D eigenvalue weighted by Crippen LogP contribution is 2.47. The number of carboxylic acid groups (broad SMARTS) is 1. The molecule has 0 amide bonds. The van der Waals surface area contributed by atoms with Gasteiger partial charge in [0.05, 0.1) is 26.4 Å². The molecule has 8 rings (SSSR count). The number of phenols is 5. The molecule has 16 atom stereocenters. The standard InChI is InChI=1S/C56H60O30/c1-75-33-13-24(14-34(76-2)43(33)67)6-12-41(65)85-52-48(72)44(68)36(20-57)82-56(52)86-53-49(73)46(70)38(21-77-40(64)11-5-23-3-8-26(58)9-4-23)84-55(53)81-35-18-28-31(79-51(35)25-7-10-29(60)30(61)15-25)16-27(59)17-32(28)80-54-50(74)47(71)45(69)37(83-54)22-78-42(66)19-39(62)63/h3-18,36-38,44-61,67-74H,19-22H2,1-2H3,(H,62,63). The van der Waals surface area contributed by atoms with Gasteiger partial charge in [-0.25, -0.2) is 9.59 Å². The van der Waals surface area contributed by atoms with Crippen molar-refractivity contribution in [2.75, 3.05) is 34.0 Å². The number of aliphatic hydroxyl groups is 8. The Hall–Kier alpha value is -8.50. The van der Waals surface area contributed by atoms with E-state index in [4.69, 9.17) is 61.9 Å². The Balaban J connectivity index is 1.16. The lowest BCUT2D eigenvalue weighted by Crippen LogP contribution is -2.65. The molecule has 4 aliphatic rings. The number of carbonyl (C=O) groups excluding carboxylic acids is 3. The van der Waals surface area contributed by atoms with Crippen LogP contribution >= 0.6 is 0 Å². The van der Waals surface area contributed by atoms with Crippen molar-refractivity contribution in [3.05, 3.63) is 107 Å². The van der Waals surface area contributed by atoms with E-state index in [1.807, 2.05) is 0 Å². The zero-order valence-corrected chi connectivity index (χ0v) is 45.1. The first-order chi connectivity index (χ1) is 41.0. The van der Waals surface area contributed by atoms with E-state index in [2.05, 4.69) is 0 Å². The van der Waals surface area contributed by atoms with Crippen molar-refractivity contribution in [3.63, 3.8) is 0 Å². The maximum absolute atomic E-state index is 13.6. The van der Waals surface area contributed by atoms with Crippen LogP contribution in [0.5, 0.6) is 51.7 Å². The molecule has 30 heteroatoms. The Bertz CT molecular complexity index is 3140. The topological polar surface area (TPSA) is 462 Å². The molecule has 3 fully saturated rings. The van der Waals surface area contributed by atoms with E-state index in [0.717, 1.165) is 42.5 Å². The summed E-state index contributed by atoms with van der Waals surface area (Å²) in [6, 6.07) is 13.7. The smallest absolute Gasteiger partial charge is 0.331 e. The molecule has 0 bridgehead atoms. The second-order valence-corrected chi connectivity index (χ2v) is 19.5. The number of fused-ring (bicyclic) bond motifs is 1. The number of aliphatic carboxylic acids is 1. The van der Waals surface area contributed by atoms with Gasteiger partial charge in [0, 0.05) is 29.8 Å². The zero-order chi connectivity index (χ0) is 62.3. The fourth-order valence-corrected chi connectivity index (χ4v) is 9.16. The molecule has 464 valence electrons. The van der Waals surface area contributed by atoms with Crippen LogP contribution in [-0.4, -0.2) is 222 Å². The lowest BCUT2D eigenvalue weighted by molar-refractivity contribution is -0.364. The third-order valence-corrected chi connectivity index (χ3v) is 13.7. The van der Waals surface area contributed by atoms with Crippen LogP contribution in [0.15, 0.2) is 84.6 Å². The van der Waals surface area contributed by atoms with Crippen molar-refractivity contribution in [1.29, 1.82) is 0 Å². The Kier molecular flexibility index (Phi) is 20.4. The minimum absolute atomic E-state index is 0.0195. The summed E-state index contributed by atoms with van der Waals surface area (Å²) in [5, 5.41) is 150. The van der Waals surface area contributed by atoms with Crippen LogP contribution in [0.2, 0.25) is 0 Å². The summed E-state index contributed by atoms with van der Waals surface area (Å²) >= 11 is 0. The van der Waals surface area contributed by atoms with Crippen LogP contribution in [0.3, 0.4) is 0 Å². The summed E-state index contributed by atoms with van der Waals surface area (Å²) in [4.78, 5) is 49.8. The molecule has 86 heavy (non-hydrogen) atoms.